The van der Waals surface area contributed by atoms with Gasteiger partial charge in [-0.05, 0) is 56.2 Å². The normalized spacial score (nSPS) is 16.4. The van der Waals surface area contributed by atoms with E-state index in [0.717, 1.165) is 37.0 Å². The van der Waals surface area contributed by atoms with Crippen LogP contribution >= 0.6 is 11.6 Å². The van der Waals surface area contributed by atoms with Gasteiger partial charge in [0.25, 0.3) is 0 Å². The molecule has 7 nitrogen and oxygen atoms in total. The van der Waals surface area contributed by atoms with Gasteiger partial charge in [-0.25, -0.2) is 4.79 Å². The van der Waals surface area contributed by atoms with Crippen molar-refractivity contribution in [3.05, 3.63) is 57.5 Å². The quantitative estimate of drug-likeness (QED) is 0.584. The van der Waals surface area contributed by atoms with Gasteiger partial charge in [0.2, 0.25) is 0 Å². The molecule has 2 heterocycles. The van der Waals surface area contributed by atoms with Crippen LogP contribution in [0.2, 0.25) is 5.02 Å². The average Bonchev–Trinajstić information content (AvgIpc) is 3.12. The van der Waals surface area contributed by atoms with Crippen LogP contribution in [-0.4, -0.2) is 53.6 Å². The number of aromatic nitrogens is 2. The molecule has 1 N–H and O–H groups in total. The Labute approximate surface area is 185 Å². The number of methoxy groups -OCH3 is 2. The monoisotopic (exact) mass is 443 g/mol. The van der Waals surface area contributed by atoms with Crippen LogP contribution < -0.4 is 15.2 Å². The van der Waals surface area contributed by atoms with Crippen LogP contribution in [0.4, 0.5) is 0 Å². The van der Waals surface area contributed by atoms with Gasteiger partial charge in [0, 0.05) is 29.7 Å². The summed E-state index contributed by atoms with van der Waals surface area (Å²) in [5.41, 5.74) is 2.08. The van der Waals surface area contributed by atoms with Gasteiger partial charge in [-0.3, -0.25) is 14.3 Å². The molecule has 1 saturated heterocycles. The number of halogens is 1. The van der Waals surface area contributed by atoms with Crippen molar-refractivity contribution >= 4 is 28.4 Å². The molecule has 4 rings (SSSR count). The number of carbonyl (C=O) groups excluding carboxylic acids is 1. The van der Waals surface area contributed by atoms with Gasteiger partial charge in [-0.2, -0.15) is 0 Å². The van der Waals surface area contributed by atoms with E-state index in [4.69, 9.17) is 21.1 Å². The number of carbonyl (C=O) groups is 1. The van der Waals surface area contributed by atoms with Gasteiger partial charge in [-0.15, -0.1) is 0 Å². The zero-order chi connectivity index (χ0) is 22.1. The van der Waals surface area contributed by atoms with Crippen LogP contribution in [0, 0.1) is 0 Å². The van der Waals surface area contributed by atoms with Crippen LogP contribution in [0.3, 0.4) is 0 Å². The third-order valence-electron chi connectivity index (χ3n) is 6.14. The van der Waals surface area contributed by atoms with Crippen LogP contribution in [0.5, 0.6) is 11.5 Å². The fraction of sp³-hybridized carbons (Fsp3) is 0.391. The second-order valence-electron chi connectivity index (χ2n) is 7.84. The first-order valence-electron chi connectivity index (χ1n) is 10.3. The van der Waals surface area contributed by atoms with Crippen LogP contribution in [-0.2, 0) is 0 Å². The molecular formula is C23H26ClN3O4. The number of ketones is 1. The van der Waals surface area contributed by atoms with Gasteiger partial charge in [-0.1, -0.05) is 11.6 Å². The summed E-state index contributed by atoms with van der Waals surface area (Å²) in [6.07, 6.45) is 1.58. The molecule has 1 aliphatic rings. The van der Waals surface area contributed by atoms with E-state index in [-0.39, 0.29) is 23.6 Å². The van der Waals surface area contributed by atoms with E-state index in [2.05, 4.69) is 9.88 Å². The molecule has 0 bridgehead atoms. The summed E-state index contributed by atoms with van der Waals surface area (Å²) in [4.78, 5) is 30.7. The van der Waals surface area contributed by atoms with Gasteiger partial charge in [0.1, 0.15) is 0 Å². The number of likely N-dealkylation sites (tertiary alicyclic amines) is 1. The molecule has 1 fully saturated rings. The van der Waals surface area contributed by atoms with Crippen molar-refractivity contribution in [3.63, 3.8) is 0 Å². The second kappa shape index (κ2) is 8.77. The van der Waals surface area contributed by atoms with Gasteiger partial charge in [0.15, 0.2) is 17.3 Å². The van der Waals surface area contributed by atoms with Crippen molar-refractivity contribution in [1.82, 2.24) is 14.5 Å². The Balaban J connectivity index is 1.47. The number of rotatable bonds is 6. The average molecular weight is 444 g/mol. The van der Waals surface area contributed by atoms with Crippen molar-refractivity contribution in [1.29, 1.82) is 0 Å². The Morgan fingerprint density at radius 3 is 2.48 bits per heavy atom. The molecule has 164 valence electrons. The number of Topliss-reactive ketones (excluding diaryl/α,β-unsaturated/α-hetero) is 1. The molecule has 0 spiro atoms. The fourth-order valence-corrected chi connectivity index (χ4v) is 4.57. The maximum atomic E-state index is 13.1. The lowest BCUT2D eigenvalue weighted by Gasteiger charge is -2.35. The van der Waals surface area contributed by atoms with E-state index in [1.54, 1.807) is 44.6 Å². The third-order valence-corrected chi connectivity index (χ3v) is 6.37. The number of benzene rings is 2. The Morgan fingerprint density at radius 1 is 1.10 bits per heavy atom. The maximum absolute atomic E-state index is 13.1. The third kappa shape index (κ3) is 4.07. The molecule has 0 saturated carbocycles. The zero-order valence-electron chi connectivity index (χ0n) is 17.9. The summed E-state index contributed by atoms with van der Waals surface area (Å²) in [7, 11) is 3.13. The molecule has 1 aliphatic heterocycles. The lowest BCUT2D eigenvalue weighted by atomic mass is 9.98. The highest BCUT2D eigenvalue weighted by Crippen LogP contribution is 2.30. The van der Waals surface area contributed by atoms with Crippen molar-refractivity contribution in [2.75, 3.05) is 27.3 Å². The van der Waals surface area contributed by atoms with Gasteiger partial charge < -0.3 is 14.5 Å². The molecule has 3 aromatic rings. The Bertz CT molecular complexity index is 1160. The smallest absolute Gasteiger partial charge is 0.326 e. The molecule has 1 aromatic heterocycles. The molecule has 31 heavy (non-hydrogen) atoms. The molecule has 2 aromatic carbocycles. The minimum absolute atomic E-state index is 0.0401. The number of imidazole rings is 1. The first-order chi connectivity index (χ1) is 14.9. The van der Waals surface area contributed by atoms with E-state index < -0.39 is 0 Å². The SMILES string of the molecule is COc1ccc(C(=O)C(C)N2CCC(n3c(=O)[nH]c4cc(Cl)ccc43)CC2)cc1OC. The van der Waals surface area contributed by atoms with Gasteiger partial charge >= 0.3 is 5.69 Å². The highest BCUT2D eigenvalue weighted by molar-refractivity contribution is 6.31. The largest absolute Gasteiger partial charge is 0.493 e. The topological polar surface area (TPSA) is 76.6 Å². The number of fused-ring (bicyclic) bond motifs is 1. The standard InChI is InChI=1S/C23H26ClN3O4/c1-14(22(28)15-4-7-20(30-2)21(12-15)31-3)26-10-8-17(9-11-26)27-19-6-5-16(24)13-18(19)25-23(27)29/h4-7,12-14,17H,8-11H2,1-3H3,(H,25,29). The van der Waals surface area contributed by atoms with Crippen LogP contribution in [0.1, 0.15) is 36.2 Å². The summed E-state index contributed by atoms with van der Waals surface area (Å²) < 4.78 is 12.4. The first kappa shape index (κ1) is 21.5. The molecule has 1 atom stereocenters. The summed E-state index contributed by atoms with van der Waals surface area (Å²) >= 11 is 6.05. The highest BCUT2D eigenvalue weighted by Gasteiger charge is 2.29. The number of hydrogen-bond acceptors (Lipinski definition) is 5. The number of ether oxygens (including phenoxy) is 2. The molecule has 0 aliphatic carbocycles. The number of piperidine rings is 1. The Morgan fingerprint density at radius 2 is 1.81 bits per heavy atom. The van der Waals surface area contributed by atoms with Gasteiger partial charge in [0.05, 0.1) is 31.3 Å². The predicted octanol–water partition coefficient (Wildman–Crippen LogP) is 3.91. The first-order valence-corrected chi connectivity index (χ1v) is 10.7. The molecule has 0 radical (unpaired) electrons. The highest BCUT2D eigenvalue weighted by atomic mass is 35.5. The molecule has 8 heteroatoms. The van der Waals surface area contributed by atoms with E-state index in [1.807, 2.05) is 17.6 Å². The van der Waals surface area contributed by atoms with E-state index in [9.17, 15) is 9.59 Å². The lowest BCUT2D eigenvalue weighted by Crippen LogP contribution is -2.45. The predicted molar refractivity (Wildman–Crippen MR) is 121 cm³/mol. The zero-order valence-corrected chi connectivity index (χ0v) is 18.6. The van der Waals surface area contributed by atoms with Crippen molar-refractivity contribution in [3.8, 4) is 11.5 Å². The summed E-state index contributed by atoms with van der Waals surface area (Å²) in [5, 5.41) is 0.596. The minimum Gasteiger partial charge on any atom is -0.493 e. The fourth-order valence-electron chi connectivity index (χ4n) is 4.39. The summed E-state index contributed by atoms with van der Waals surface area (Å²) in [6.45, 7) is 3.40. The number of hydrogen-bond donors (Lipinski definition) is 1. The van der Waals surface area contributed by atoms with Crippen LogP contribution in [0.15, 0.2) is 41.2 Å². The Kier molecular flexibility index (Phi) is 6.07. The van der Waals surface area contributed by atoms with E-state index in [1.165, 1.54) is 0 Å². The maximum Gasteiger partial charge on any atom is 0.326 e. The molecule has 0 amide bonds. The molecular weight excluding hydrogens is 418 g/mol. The summed E-state index contributed by atoms with van der Waals surface area (Å²) in [5.74, 6) is 1.18. The van der Waals surface area contributed by atoms with Crippen molar-refractivity contribution < 1.29 is 14.3 Å². The number of H-pyrrole nitrogens is 1. The number of aromatic amines is 1. The summed E-state index contributed by atoms with van der Waals surface area (Å²) in [6, 6.07) is 10.5. The number of nitrogens with one attached hydrogen (secondary N) is 1. The minimum atomic E-state index is -0.266. The van der Waals surface area contributed by atoms with Crippen LogP contribution in [0.25, 0.3) is 11.0 Å². The number of nitrogens with zero attached hydrogens (tertiary/aromatic N) is 2. The second-order valence-corrected chi connectivity index (χ2v) is 8.28. The van der Waals surface area contributed by atoms with E-state index in [0.29, 0.717) is 22.1 Å². The van der Waals surface area contributed by atoms with E-state index >= 15 is 0 Å². The van der Waals surface area contributed by atoms with Crippen molar-refractivity contribution in [2.45, 2.75) is 31.8 Å². The van der Waals surface area contributed by atoms with Crippen molar-refractivity contribution in [2.24, 2.45) is 0 Å². The lowest BCUT2D eigenvalue weighted by molar-refractivity contribution is 0.0775. The molecule has 1 unspecified atom stereocenters. The Hall–Kier alpha value is -2.77.